The molecule has 0 fully saturated rings. The van der Waals surface area contributed by atoms with Gasteiger partial charge in [0.25, 0.3) is 0 Å². The highest BCUT2D eigenvalue weighted by molar-refractivity contribution is 5.66. The number of hydrogen-bond donors (Lipinski definition) is 1. The molecule has 102 valence electrons. The molecule has 0 aromatic rings. The average Bonchev–Trinajstić information content (AvgIpc) is 2.25. The minimum Gasteiger partial charge on any atom is -0.481 e. The number of carboxylic acid groups (broad SMARTS) is 1. The Bertz CT molecular complexity index is 178. The molecule has 0 atom stereocenters. The molecule has 0 amide bonds. The fourth-order valence-corrected chi connectivity index (χ4v) is 1.69. The highest BCUT2D eigenvalue weighted by Crippen LogP contribution is 2.07. The molecule has 0 aromatic heterocycles. The quantitative estimate of drug-likeness (QED) is 0.530. The fourth-order valence-electron chi connectivity index (χ4n) is 1.69. The molecule has 0 bridgehead atoms. The molecule has 0 aliphatic rings. The normalized spacial score (nSPS) is 11.0. The summed E-state index contributed by atoms with van der Waals surface area (Å²) < 4.78 is 5.53. The number of carbonyl (C=O) groups is 1. The molecule has 0 spiro atoms. The van der Waals surface area contributed by atoms with Crippen LogP contribution in [0.4, 0.5) is 0 Å². The summed E-state index contributed by atoms with van der Waals surface area (Å²) in [6, 6.07) is 0. The molecule has 0 aliphatic carbocycles. The molecule has 0 aliphatic heterocycles. The van der Waals surface area contributed by atoms with Crippen LogP contribution >= 0.6 is 0 Å². The van der Waals surface area contributed by atoms with Crippen molar-refractivity contribution in [1.82, 2.24) is 0 Å². The first-order valence-corrected chi connectivity index (χ1v) is 6.92. The minimum absolute atomic E-state index is 0.302. The maximum Gasteiger partial charge on any atom is 0.303 e. The van der Waals surface area contributed by atoms with Gasteiger partial charge in [0.15, 0.2) is 0 Å². The topological polar surface area (TPSA) is 46.5 Å². The van der Waals surface area contributed by atoms with E-state index in [1.54, 1.807) is 0 Å². The van der Waals surface area contributed by atoms with Gasteiger partial charge in [0.05, 0.1) is 0 Å². The molecule has 3 heteroatoms. The minimum atomic E-state index is -0.689. The van der Waals surface area contributed by atoms with Gasteiger partial charge < -0.3 is 9.84 Å². The van der Waals surface area contributed by atoms with E-state index in [1.165, 1.54) is 12.8 Å². The van der Waals surface area contributed by atoms with E-state index in [0.29, 0.717) is 6.42 Å². The SMILES string of the molecule is CC(C)CCCCOCCCCCCC(=O)O. The Hall–Kier alpha value is -0.570. The van der Waals surface area contributed by atoms with Crippen molar-refractivity contribution in [3.8, 4) is 0 Å². The zero-order chi connectivity index (χ0) is 12.9. The molecule has 0 heterocycles. The van der Waals surface area contributed by atoms with Crippen molar-refractivity contribution in [2.45, 2.75) is 65.2 Å². The number of unbranched alkanes of at least 4 members (excludes halogenated alkanes) is 4. The Balaban J connectivity index is 2.96. The van der Waals surface area contributed by atoms with Crippen LogP contribution in [0, 0.1) is 5.92 Å². The van der Waals surface area contributed by atoms with E-state index in [-0.39, 0.29) is 0 Å². The third-order valence-electron chi connectivity index (χ3n) is 2.75. The molecular formula is C14H28O3. The molecular weight excluding hydrogens is 216 g/mol. The molecule has 0 saturated carbocycles. The van der Waals surface area contributed by atoms with Crippen LogP contribution < -0.4 is 0 Å². The molecule has 17 heavy (non-hydrogen) atoms. The Labute approximate surface area is 106 Å². The highest BCUT2D eigenvalue weighted by Gasteiger charge is 1.97. The maximum absolute atomic E-state index is 10.3. The van der Waals surface area contributed by atoms with Crippen molar-refractivity contribution in [1.29, 1.82) is 0 Å². The van der Waals surface area contributed by atoms with Gasteiger partial charge in [0.1, 0.15) is 0 Å². The standard InChI is InChI=1S/C14H28O3/c1-13(2)9-6-8-12-17-11-7-4-3-5-10-14(15)16/h13H,3-12H2,1-2H3,(H,15,16). The van der Waals surface area contributed by atoms with Gasteiger partial charge in [-0.2, -0.15) is 0 Å². The van der Waals surface area contributed by atoms with Gasteiger partial charge in [-0.1, -0.05) is 39.5 Å². The van der Waals surface area contributed by atoms with E-state index < -0.39 is 5.97 Å². The van der Waals surface area contributed by atoms with Crippen molar-refractivity contribution < 1.29 is 14.6 Å². The molecule has 0 unspecified atom stereocenters. The van der Waals surface area contributed by atoms with E-state index in [0.717, 1.165) is 51.2 Å². The Morgan fingerprint density at radius 1 is 1.00 bits per heavy atom. The van der Waals surface area contributed by atoms with E-state index in [4.69, 9.17) is 9.84 Å². The first-order chi connectivity index (χ1) is 8.13. The summed E-state index contributed by atoms with van der Waals surface area (Å²) in [5.74, 6) is 0.107. The van der Waals surface area contributed by atoms with Crippen LogP contribution in [0.3, 0.4) is 0 Å². The second-order valence-corrected chi connectivity index (χ2v) is 5.06. The smallest absolute Gasteiger partial charge is 0.303 e. The lowest BCUT2D eigenvalue weighted by molar-refractivity contribution is -0.137. The van der Waals surface area contributed by atoms with Crippen molar-refractivity contribution in [3.63, 3.8) is 0 Å². The largest absolute Gasteiger partial charge is 0.481 e. The van der Waals surface area contributed by atoms with Gasteiger partial charge in [0.2, 0.25) is 0 Å². The lowest BCUT2D eigenvalue weighted by Gasteiger charge is -2.05. The third kappa shape index (κ3) is 15.4. The predicted molar refractivity (Wildman–Crippen MR) is 70.2 cm³/mol. The summed E-state index contributed by atoms with van der Waals surface area (Å²) in [6.45, 7) is 6.20. The molecule has 0 radical (unpaired) electrons. The van der Waals surface area contributed by atoms with Gasteiger partial charge in [-0.3, -0.25) is 4.79 Å². The zero-order valence-corrected chi connectivity index (χ0v) is 11.4. The first kappa shape index (κ1) is 16.4. The molecule has 1 N–H and O–H groups in total. The van der Waals surface area contributed by atoms with Crippen LogP contribution in [-0.4, -0.2) is 24.3 Å². The number of rotatable bonds is 12. The summed E-state index contributed by atoms with van der Waals surface area (Å²) in [5.41, 5.74) is 0. The van der Waals surface area contributed by atoms with Crippen LogP contribution in [0.1, 0.15) is 65.2 Å². The van der Waals surface area contributed by atoms with Crippen molar-refractivity contribution in [2.24, 2.45) is 5.92 Å². The van der Waals surface area contributed by atoms with Gasteiger partial charge in [0, 0.05) is 19.6 Å². The summed E-state index contributed by atoms with van der Waals surface area (Å²) >= 11 is 0. The van der Waals surface area contributed by atoms with Crippen LogP contribution in [0.2, 0.25) is 0 Å². The monoisotopic (exact) mass is 244 g/mol. The second-order valence-electron chi connectivity index (χ2n) is 5.06. The van der Waals surface area contributed by atoms with Crippen LogP contribution in [0.5, 0.6) is 0 Å². The van der Waals surface area contributed by atoms with Crippen LogP contribution in [0.15, 0.2) is 0 Å². The third-order valence-corrected chi connectivity index (χ3v) is 2.75. The zero-order valence-electron chi connectivity index (χ0n) is 11.4. The Kier molecular flexibility index (Phi) is 11.5. The fraction of sp³-hybridized carbons (Fsp3) is 0.929. The maximum atomic E-state index is 10.3. The summed E-state index contributed by atoms with van der Waals surface area (Å²) in [4.78, 5) is 10.3. The van der Waals surface area contributed by atoms with Crippen molar-refractivity contribution in [2.75, 3.05) is 13.2 Å². The lowest BCUT2D eigenvalue weighted by Crippen LogP contribution is -1.98. The summed E-state index contributed by atoms with van der Waals surface area (Å²) in [5, 5.41) is 8.45. The molecule has 0 aromatic carbocycles. The molecule has 0 saturated heterocycles. The predicted octanol–water partition coefficient (Wildman–Crippen LogP) is 3.86. The summed E-state index contributed by atoms with van der Waals surface area (Å²) in [7, 11) is 0. The van der Waals surface area contributed by atoms with Crippen LogP contribution in [-0.2, 0) is 9.53 Å². The number of hydrogen-bond acceptors (Lipinski definition) is 2. The second kappa shape index (κ2) is 11.9. The van der Waals surface area contributed by atoms with Gasteiger partial charge in [-0.15, -0.1) is 0 Å². The Morgan fingerprint density at radius 3 is 2.18 bits per heavy atom. The van der Waals surface area contributed by atoms with Crippen molar-refractivity contribution >= 4 is 5.97 Å². The number of ether oxygens (including phenoxy) is 1. The lowest BCUT2D eigenvalue weighted by atomic mass is 10.1. The summed E-state index contributed by atoms with van der Waals surface area (Å²) in [6.07, 6.45) is 7.96. The van der Waals surface area contributed by atoms with Gasteiger partial charge in [-0.05, 0) is 25.2 Å². The molecule has 0 rings (SSSR count). The Morgan fingerprint density at radius 2 is 1.59 bits per heavy atom. The molecule has 3 nitrogen and oxygen atoms in total. The van der Waals surface area contributed by atoms with Crippen molar-refractivity contribution in [3.05, 3.63) is 0 Å². The van der Waals surface area contributed by atoms with E-state index in [2.05, 4.69) is 13.8 Å². The average molecular weight is 244 g/mol. The highest BCUT2D eigenvalue weighted by atomic mass is 16.5. The van der Waals surface area contributed by atoms with E-state index >= 15 is 0 Å². The number of carboxylic acids is 1. The van der Waals surface area contributed by atoms with E-state index in [1.807, 2.05) is 0 Å². The number of aliphatic carboxylic acids is 1. The first-order valence-electron chi connectivity index (χ1n) is 6.92. The van der Waals surface area contributed by atoms with E-state index in [9.17, 15) is 4.79 Å². The van der Waals surface area contributed by atoms with Gasteiger partial charge in [-0.25, -0.2) is 0 Å². The van der Waals surface area contributed by atoms with Crippen LogP contribution in [0.25, 0.3) is 0 Å². The van der Waals surface area contributed by atoms with Gasteiger partial charge >= 0.3 is 5.97 Å².